The molecular formula is C11H19NO. The molecule has 2 fully saturated rings. The molecule has 1 saturated heterocycles. The molecule has 2 unspecified atom stereocenters. The highest BCUT2D eigenvalue weighted by Gasteiger charge is 2.28. The highest BCUT2D eigenvalue weighted by Crippen LogP contribution is 2.31. The smallest absolute Gasteiger partial charge is 0.222 e. The van der Waals surface area contributed by atoms with Crippen molar-refractivity contribution >= 4 is 5.91 Å². The van der Waals surface area contributed by atoms with Gasteiger partial charge in [-0.05, 0) is 24.7 Å². The Balaban J connectivity index is 1.76. The van der Waals surface area contributed by atoms with Gasteiger partial charge in [-0.25, -0.2) is 0 Å². The van der Waals surface area contributed by atoms with Crippen LogP contribution in [0.4, 0.5) is 0 Å². The number of nitrogens with zero attached hydrogens (tertiary/aromatic N) is 1. The van der Waals surface area contributed by atoms with Gasteiger partial charge in [0.2, 0.25) is 5.91 Å². The van der Waals surface area contributed by atoms with Crippen molar-refractivity contribution in [1.82, 2.24) is 4.90 Å². The first-order chi connectivity index (χ1) is 6.25. The topological polar surface area (TPSA) is 20.1 Å². The van der Waals surface area contributed by atoms with E-state index in [1.807, 2.05) is 4.90 Å². The highest BCUT2D eigenvalue weighted by molar-refractivity contribution is 5.78. The molecule has 0 N–H and O–H groups in total. The van der Waals surface area contributed by atoms with Gasteiger partial charge in [0, 0.05) is 19.5 Å². The fourth-order valence-electron chi connectivity index (χ4n) is 2.42. The number of rotatable bonds is 2. The Morgan fingerprint density at radius 1 is 1.38 bits per heavy atom. The molecule has 0 bridgehead atoms. The third kappa shape index (κ3) is 2.45. The van der Waals surface area contributed by atoms with Crippen LogP contribution in [0.25, 0.3) is 0 Å². The van der Waals surface area contributed by atoms with E-state index < -0.39 is 0 Å². The Hall–Kier alpha value is -0.530. The quantitative estimate of drug-likeness (QED) is 0.597. The Labute approximate surface area is 80.3 Å². The molecule has 0 aromatic heterocycles. The fraction of sp³-hybridized carbons (Fsp3) is 0.909. The van der Waals surface area contributed by atoms with Crippen molar-refractivity contribution in [3.8, 4) is 0 Å². The molecule has 1 heterocycles. The summed E-state index contributed by atoms with van der Waals surface area (Å²) in [6.07, 6.45) is 6.08. The van der Waals surface area contributed by atoms with Gasteiger partial charge in [0.15, 0.2) is 0 Å². The summed E-state index contributed by atoms with van der Waals surface area (Å²) in [5, 5.41) is 0. The van der Waals surface area contributed by atoms with E-state index in [4.69, 9.17) is 0 Å². The first kappa shape index (κ1) is 9.04. The van der Waals surface area contributed by atoms with Crippen LogP contribution in [-0.4, -0.2) is 23.9 Å². The second kappa shape index (κ2) is 3.69. The van der Waals surface area contributed by atoms with Gasteiger partial charge in [0.25, 0.3) is 0 Å². The molecule has 13 heavy (non-hydrogen) atoms. The zero-order chi connectivity index (χ0) is 9.26. The standard InChI is InChI=1S/C11H19NO/c1-9-3-2-4-10(7-9)8-11(13)12-5-6-12/h9-10H,2-8H2,1H3. The van der Waals surface area contributed by atoms with E-state index in [-0.39, 0.29) is 0 Å². The highest BCUT2D eigenvalue weighted by atomic mass is 16.2. The summed E-state index contributed by atoms with van der Waals surface area (Å²) in [5.41, 5.74) is 0. The van der Waals surface area contributed by atoms with E-state index >= 15 is 0 Å². The predicted molar refractivity (Wildman–Crippen MR) is 52.3 cm³/mol. The summed E-state index contributed by atoms with van der Waals surface area (Å²) in [7, 11) is 0. The number of carbonyl (C=O) groups excluding carboxylic acids is 1. The van der Waals surface area contributed by atoms with Gasteiger partial charge >= 0.3 is 0 Å². The van der Waals surface area contributed by atoms with Crippen LogP contribution in [0.2, 0.25) is 0 Å². The van der Waals surface area contributed by atoms with Crippen LogP contribution in [0, 0.1) is 11.8 Å². The average Bonchev–Trinajstić information content (AvgIpc) is 2.85. The van der Waals surface area contributed by atoms with E-state index in [9.17, 15) is 4.79 Å². The second-order valence-corrected chi connectivity index (χ2v) is 4.72. The van der Waals surface area contributed by atoms with E-state index in [0.29, 0.717) is 11.8 Å². The van der Waals surface area contributed by atoms with Crippen molar-refractivity contribution in [3.05, 3.63) is 0 Å². The minimum atomic E-state index is 0.402. The predicted octanol–water partition coefficient (Wildman–Crippen LogP) is 2.04. The third-order valence-electron chi connectivity index (χ3n) is 3.31. The normalized spacial score (nSPS) is 33.2. The molecule has 2 nitrogen and oxygen atoms in total. The maximum Gasteiger partial charge on any atom is 0.222 e. The van der Waals surface area contributed by atoms with Gasteiger partial charge < -0.3 is 4.90 Å². The molecule has 0 aromatic carbocycles. The maximum atomic E-state index is 11.5. The molecule has 1 amide bonds. The average molecular weight is 181 g/mol. The Bertz CT molecular complexity index is 198. The minimum Gasteiger partial charge on any atom is -0.339 e. The fourth-order valence-corrected chi connectivity index (χ4v) is 2.42. The summed E-state index contributed by atoms with van der Waals surface area (Å²) in [6.45, 7) is 4.34. The van der Waals surface area contributed by atoms with Gasteiger partial charge in [-0.15, -0.1) is 0 Å². The molecule has 1 saturated carbocycles. The van der Waals surface area contributed by atoms with Crippen LogP contribution >= 0.6 is 0 Å². The van der Waals surface area contributed by atoms with E-state index in [1.165, 1.54) is 25.7 Å². The van der Waals surface area contributed by atoms with Crippen LogP contribution in [0.5, 0.6) is 0 Å². The van der Waals surface area contributed by atoms with Gasteiger partial charge in [-0.2, -0.15) is 0 Å². The van der Waals surface area contributed by atoms with Crippen molar-refractivity contribution in [2.45, 2.75) is 39.0 Å². The van der Waals surface area contributed by atoms with Crippen molar-refractivity contribution in [2.75, 3.05) is 13.1 Å². The molecule has 2 aliphatic rings. The van der Waals surface area contributed by atoms with Crippen molar-refractivity contribution in [2.24, 2.45) is 11.8 Å². The molecule has 0 spiro atoms. The van der Waals surface area contributed by atoms with Gasteiger partial charge in [-0.1, -0.05) is 19.8 Å². The largest absolute Gasteiger partial charge is 0.339 e. The van der Waals surface area contributed by atoms with Crippen LogP contribution in [0.3, 0.4) is 0 Å². The molecule has 1 aliphatic carbocycles. The van der Waals surface area contributed by atoms with Crippen LogP contribution in [0.15, 0.2) is 0 Å². The molecule has 74 valence electrons. The Morgan fingerprint density at radius 2 is 2.15 bits per heavy atom. The zero-order valence-corrected chi connectivity index (χ0v) is 8.46. The number of amides is 1. The second-order valence-electron chi connectivity index (χ2n) is 4.72. The molecule has 1 aliphatic heterocycles. The molecule has 0 radical (unpaired) electrons. The van der Waals surface area contributed by atoms with Crippen LogP contribution in [0.1, 0.15) is 39.0 Å². The maximum absolute atomic E-state index is 11.5. The van der Waals surface area contributed by atoms with Crippen LogP contribution in [-0.2, 0) is 4.79 Å². The number of carbonyl (C=O) groups is 1. The lowest BCUT2D eigenvalue weighted by Crippen LogP contribution is -2.20. The monoisotopic (exact) mass is 181 g/mol. The van der Waals surface area contributed by atoms with Crippen LogP contribution < -0.4 is 0 Å². The first-order valence-electron chi connectivity index (χ1n) is 5.53. The zero-order valence-electron chi connectivity index (χ0n) is 8.46. The first-order valence-corrected chi connectivity index (χ1v) is 5.53. The van der Waals surface area contributed by atoms with E-state index in [1.54, 1.807) is 0 Å². The Kier molecular flexibility index (Phi) is 2.56. The van der Waals surface area contributed by atoms with Crippen molar-refractivity contribution < 1.29 is 4.79 Å². The van der Waals surface area contributed by atoms with Crippen molar-refractivity contribution in [3.63, 3.8) is 0 Å². The molecule has 2 heteroatoms. The summed E-state index contributed by atoms with van der Waals surface area (Å²) in [6, 6.07) is 0. The Morgan fingerprint density at radius 3 is 2.77 bits per heavy atom. The summed E-state index contributed by atoms with van der Waals surface area (Å²) < 4.78 is 0. The molecular weight excluding hydrogens is 162 g/mol. The SMILES string of the molecule is CC1CCCC(CC(=O)N2CC2)C1. The van der Waals surface area contributed by atoms with Crippen molar-refractivity contribution in [1.29, 1.82) is 0 Å². The molecule has 0 aromatic rings. The lowest BCUT2D eigenvalue weighted by atomic mass is 9.81. The van der Waals surface area contributed by atoms with E-state index in [0.717, 1.165) is 25.4 Å². The van der Waals surface area contributed by atoms with Gasteiger partial charge in [0.05, 0.1) is 0 Å². The third-order valence-corrected chi connectivity index (χ3v) is 3.31. The number of hydrogen-bond donors (Lipinski definition) is 0. The molecule has 2 rings (SSSR count). The van der Waals surface area contributed by atoms with Gasteiger partial charge in [0.1, 0.15) is 0 Å². The molecule has 2 atom stereocenters. The summed E-state index contributed by atoms with van der Waals surface area (Å²) >= 11 is 0. The summed E-state index contributed by atoms with van der Waals surface area (Å²) in [5.74, 6) is 1.94. The summed E-state index contributed by atoms with van der Waals surface area (Å²) in [4.78, 5) is 13.5. The lowest BCUT2D eigenvalue weighted by Gasteiger charge is -2.26. The lowest BCUT2D eigenvalue weighted by molar-refractivity contribution is -0.127. The van der Waals surface area contributed by atoms with Gasteiger partial charge in [-0.3, -0.25) is 4.79 Å². The minimum absolute atomic E-state index is 0.402. The number of hydrogen-bond acceptors (Lipinski definition) is 1. The van der Waals surface area contributed by atoms with E-state index in [2.05, 4.69) is 6.92 Å².